The maximum Gasteiger partial charge on any atom is 0.258 e. The minimum atomic E-state index is -1.95. The Hall–Kier alpha value is -2.00. The van der Waals surface area contributed by atoms with E-state index in [0.29, 0.717) is 22.5 Å². The van der Waals surface area contributed by atoms with E-state index in [1.807, 2.05) is 0 Å². The number of aromatic amines is 1. The van der Waals surface area contributed by atoms with Crippen molar-refractivity contribution in [2.75, 3.05) is 0 Å². The van der Waals surface area contributed by atoms with Crippen LogP contribution in [-0.4, -0.2) is 13.3 Å². The first-order chi connectivity index (χ1) is 15.0. The van der Waals surface area contributed by atoms with Crippen LogP contribution in [0.4, 0.5) is 0 Å². The summed E-state index contributed by atoms with van der Waals surface area (Å²) in [5, 5.41) is 1.36. The molecule has 0 atom stereocenters. The van der Waals surface area contributed by atoms with Crippen molar-refractivity contribution in [3.63, 3.8) is 0 Å². The van der Waals surface area contributed by atoms with Gasteiger partial charge in [0.25, 0.3) is 8.32 Å². The molecule has 0 aliphatic rings. The molecule has 0 saturated carbocycles. The molecule has 2 aromatic carbocycles. The van der Waals surface area contributed by atoms with E-state index in [9.17, 15) is 0 Å². The van der Waals surface area contributed by atoms with E-state index in [1.165, 1.54) is 38.7 Å². The molecule has 1 aromatic heterocycles. The molecule has 32 heavy (non-hydrogen) atoms. The second-order valence-corrected chi connectivity index (χ2v) is 16.3. The average Bonchev–Trinajstić information content (AvgIpc) is 3.11. The quantitative estimate of drug-likeness (QED) is 0.341. The van der Waals surface area contributed by atoms with Crippen LogP contribution >= 0.6 is 0 Å². The van der Waals surface area contributed by atoms with Crippen LogP contribution in [0.2, 0.25) is 16.6 Å². The topological polar surface area (TPSA) is 25.0 Å². The SMILES string of the molecule is Cc1cc(O[Si](C(C)C)(C(C)C)C(C)C)cc(C)c1Cc1ccc2[nH]cc(C(C)C)c2c1. The van der Waals surface area contributed by atoms with Gasteiger partial charge in [-0.05, 0) is 94.9 Å². The summed E-state index contributed by atoms with van der Waals surface area (Å²) in [6.07, 6.45) is 3.12. The minimum absolute atomic E-state index is 0.520. The van der Waals surface area contributed by atoms with Gasteiger partial charge in [0, 0.05) is 17.1 Å². The summed E-state index contributed by atoms with van der Waals surface area (Å²) in [4.78, 5) is 3.43. The van der Waals surface area contributed by atoms with Gasteiger partial charge in [-0.15, -0.1) is 0 Å². The number of H-pyrrole nitrogens is 1. The fraction of sp³-hybridized carbons (Fsp3) is 0.517. The van der Waals surface area contributed by atoms with Crippen molar-refractivity contribution in [1.82, 2.24) is 4.98 Å². The van der Waals surface area contributed by atoms with Gasteiger partial charge in [0.05, 0.1) is 0 Å². The Balaban J connectivity index is 1.94. The van der Waals surface area contributed by atoms with Crippen LogP contribution in [-0.2, 0) is 6.42 Å². The Morgan fingerprint density at radius 1 is 0.812 bits per heavy atom. The molecule has 3 heteroatoms. The Morgan fingerprint density at radius 3 is 1.88 bits per heavy atom. The number of hydrogen-bond donors (Lipinski definition) is 1. The number of aryl methyl sites for hydroxylation is 2. The van der Waals surface area contributed by atoms with Crippen molar-refractivity contribution in [3.05, 3.63) is 64.3 Å². The molecule has 0 aliphatic heterocycles. The van der Waals surface area contributed by atoms with Crippen molar-refractivity contribution < 1.29 is 4.43 Å². The molecule has 0 saturated heterocycles. The number of aromatic nitrogens is 1. The molecule has 0 fully saturated rings. The molecule has 0 unspecified atom stereocenters. The van der Waals surface area contributed by atoms with E-state index in [0.717, 1.165) is 12.2 Å². The van der Waals surface area contributed by atoms with Gasteiger partial charge in [-0.25, -0.2) is 0 Å². The Bertz CT molecular complexity index is 1030. The standard InChI is InChI=1S/C29H43NOSi/c1-18(2)28-17-30-29-12-11-24(16-27(28)29)15-26-22(9)13-25(14-23(26)10)31-32(19(3)4,20(5)6)21(7)8/h11-14,16-21,30H,15H2,1-10H3. The summed E-state index contributed by atoms with van der Waals surface area (Å²) in [5.74, 6) is 1.58. The number of rotatable bonds is 8. The predicted molar refractivity (Wildman–Crippen MR) is 143 cm³/mol. The number of hydrogen-bond acceptors (Lipinski definition) is 1. The van der Waals surface area contributed by atoms with Crippen LogP contribution in [0, 0.1) is 13.8 Å². The first-order valence-electron chi connectivity index (χ1n) is 12.4. The lowest BCUT2D eigenvalue weighted by molar-refractivity contribution is 0.479. The molecule has 0 radical (unpaired) electrons. The molecule has 174 valence electrons. The van der Waals surface area contributed by atoms with E-state index in [2.05, 4.69) is 111 Å². The predicted octanol–water partition coefficient (Wildman–Crippen LogP) is 9.05. The highest BCUT2D eigenvalue weighted by atomic mass is 28.4. The van der Waals surface area contributed by atoms with Crippen LogP contribution in [0.25, 0.3) is 10.9 Å². The first-order valence-corrected chi connectivity index (χ1v) is 14.5. The van der Waals surface area contributed by atoms with Crippen LogP contribution in [0.1, 0.15) is 89.1 Å². The third-order valence-corrected chi connectivity index (χ3v) is 13.5. The van der Waals surface area contributed by atoms with Gasteiger partial charge in [0.1, 0.15) is 5.75 Å². The zero-order valence-corrected chi connectivity index (χ0v) is 22.9. The smallest absolute Gasteiger partial charge is 0.258 e. The van der Waals surface area contributed by atoms with Crippen molar-refractivity contribution in [1.29, 1.82) is 0 Å². The highest BCUT2D eigenvalue weighted by Crippen LogP contribution is 2.43. The largest absolute Gasteiger partial charge is 0.543 e. The molecule has 0 bridgehead atoms. The van der Waals surface area contributed by atoms with Crippen molar-refractivity contribution >= 4 is 19.2 Å². The van der Waals surface area contributed by atoms with E-state index >= 15 is 0 Å². The summed E-state index contributed by atoms with van der Waals surface area (Å²) in [5.41, 5.74) is 9.81. The fourth-order valence-electron chi connectivity index (χ4n) is 5.83. The maximum absolute atomic E-state index is 6.98. The van der Waals surface area contributed by atoms with Gasteiger partial charge in [0.2, 0.25) is 0 Å². The number of fused-ring (bicyclic) bond motifs is 1. The number of benzene rings is 2. The van der Waals surface area contributed by atoms with Gasteiger partial charge in [-0.2, -0.15) is 0 Å². The van der Waals surface area contributed by atoms with Gasteiger partial charge in [0.15, 0.2) is 0 Å². The third-order valence-electron chi connectivity index (χ3n) is 7.45. The van der Waals surface area contributed by atoms with E-state index < -0.39 is 8.32 Å². The lowest BCUT2D eigenvalue weighted by atomic mass is 9.94. The minimum Gasteiger partial charge on any atom is -0.543 e. The Morgan fingerprint density at radius 2 is 1.38 bits per heavy atom. The van der Waals surface area contributed by atoms with Crippen LogP contribution in [0.15, 0.2) is 36.5 Å². The molecule has 2 nitrogen and oxygen atoms in total. The summed E-state index contributed by atoms with van der Waals surface area (Å²) in [7, 11) is -1.95. The molecular weight excluding hydrogens is 406 g/mol. The molecule has 1 N–H and O–H groups in total. The van der Waals surface area contributed by atoms with Crippen LogP contribution in [0.3, 0.4) is 0 Å². The molecule has 0 aliphatic carbocycles. The maximum atomic E-state index is 6.98. The van der Waals surface area contributed by atoms with Crippen LogP contribution in [0.5, 0.6) is 5.75 Å². The number of nitrogens with one attached hydrogen (secondary N) is 1. The molecule has 0 amide bonds. The van der Waals surface area contributed by atoms with Crippen LogP contribution < -0.4 is 4.43 Å². The zero-order valence-electron chi connectivity index (χ0n) is 21.9. The lowest BCUT2D eigenvalue weighted by Crippen LogP contribution is -2.50. The Labute approximate surface area is 196 Å². The molecular formula is C29H43NOSi. The second kappa shape index (κ2) is 9.47. The zero-order chi connectivity index (χ0) is 23.8. The van der Waals surface area contributed by atoms with Gasteiger partial charge in [-0.1, -0.05) is 61.5 Å². The monoisotopic (exact) mass is 449 g/mol. The summed E-state index contributed by atoms with van der Waals surface area (Å²) in [6, 6.07) is 11.4. The average molecular weight is 450 g/mol. The van der Waals surface area contributed by atoms with E-state index in [4.69, 9.17) is 4.43 Å². The van der Waals surface area contributed by atoms with Gasteiger partial charge < -0.3 is 9.41 Å². The second-order valence-electron chi connectivity index (χ2n) is 10.9. The van der Waals surface area contributed by atoms with E-state index in [-0.39, 0.29) is 0 Å². The molecule has 0 spiro atoms. The van der Waals surface area contributed by atoms with Gasteiger partial charge >= 0.3 is 0 Å². The first kappa shape index (κ1) is 24.6. The van der Waals surface area contributed by atoms with Gasteiger partial charge in [-0.3, -0.25) is 0 Å². The lowest BCUT2D eigenvalue weighted by Gasteiger charge is -2.42. The Kier molecular flexibility index (Phi) is 7.29. The summed E-state index contributed by atoms with van der Waals surface area (Å²) < 4.78 is 6.98. The summed E-state index contributed by atoms with van der Waals surface area (Å²) >= 11 is 0. The highest BCUT2D eigenvalue weighted by Gasteiger charge is 2.47. The fourth-order valence-corrected chi connectivity index (χ4v) is 11.1. The molecule has 3 rings (SSSR count). The highest BCUT2D eigenvalue weighted by molar-refractivity contribution is 6.78. The van der Waals surface area contributed by atoms with E-state index in [1.54, 1.807) is 0 Å². The van der Waals surface area contributed by atoms with Crippen molar-refractivity contribution in [3.8, 4) is 5.75 Å². The third kappa shape index (κ3) is 4.55. The van der Waals surface area contributed by atoms with Crippen molar-refractivity contribution in [2.45, 2.75) is 98.2 Å². The van der Waals surface area contributed by atoms with Crippen molar-refractivity contribution in [2.24, 2.45) is 0 Å². The molecule has 1 heterocycles. The summed E-state index contributed by atoms with van der Waals surface area (Å²) in [6.45, 7) is 23.1. The molecule has 3 aromatic rings. The normalized spacial score (nSPS) is 12.7.